The molecule has 2 bridgehead atoms. The van der Waals surface area contributed by atoms with Crippen molar-refractivity contribution in [1.82, 2.24) is 5.32 Å². The summed E-state index contributed by atoms with van der Waals surface area (Å²) in [4.78, 5) is 10.6. The number of nitrogens with one attached hydrogen (secondary N) is 1. The van der Waals surface area contributed by atoms with Gasteiger partial charge in [0.2, 0.25) is 0 Å². The maximum absolute atomic E-state index is 10.9. The quantitative estimate of drug-likeness (QED) is 0.654. The molecule has 0 amide bonds. The first-order valence-electron chi connectivity index (χ1n) is 7.27. The van der Waals surface area contributed by atoms with Crippen molar-refractivity contribution in [3.8, 4) is 0 Å². The number of nitro benzene ring substituents is 1. The molecule has 0 heterocycles. The molecule has 2 aliphatic carbocycles. The van der Waals surface area contributed by atoms with Crippen LogP contribution < -0.4 is 5.32 Å². The van der Waals surface area contributed by atoms with E-state index < -0.39 is 0 Å². The normalized spacial score (nSPS) is 27.9. The smallest absolute Gasteiger partial charge is 0.283 e. The first-order chi connectivity index (χ1) is 9.63. The lowest BCUT2D eigenvalue weighted by molar-refractivity contribution is -0.385. The zero-order valence-corrected chi connectivity index (χ0v) is 12.9. The average molecular weight is 339 g/mol. The predicted octanol–water partition coefficient (Wildman–Crippen LogP) is 3.88. The lowest BCUT2D eigenvalue weighted by Crippen LogP contribution is -2.26. The van der Waals surface area contributed by atoms with Gasteiger partial charge in [0.05, 0.1) is 9.40 Å². The molecule has 20 heavy (non-hydrogen) atoms. The Morgan fingerprint density at radius 3 is 2.85 bits per heavy atom. The monoisotopic (exact) mass is 338 g/mol. The van der Waals surface area contributed by atoms with E-state index in [2.05, 4.69) is 21.2 Å². The van der Waals surface area contributed by atoms with E-state index in [1.807, 2.05) is 6.07 Å². The van der Waals surface area contributed by atoms with Crippen molar-refractivity contribution in [3.63, 3.8) is 0 Å². The van der Waals surface area contributed by atoms with Crippen LogP contribution in [0.2, 0.25) is 0 Å². The van der Waals surface area contributed by atoms with Crippen LogP contribution in [0.15, 0.2) is 22.7 Å². The minimum atomic E-state index is -0.344. The molecule has 2 aliphatic rings. The predicted molar refractivity (Wildman–Crippen MR) is 81.4 cm³/mol. The van der Waals surface area contributed by atoms with Crippen molar-refractivity contribution < 1.29 is 4.92 Å². The van der Waals surface area contributed by atoms with Crippen LogP contribution >= 0.6 is 15.9 Å². The lowest BCUT2D eigenvalue weighted by Gasteiger charge is -2.21. The molecule has 0 aliphatic heterocycles. The Balaban J connectivity index is 1.53. The third-order valence-electron chi connectivity index (χ3n) is 4.83. The molecule has 2 fully saturated rings. The maximum Gasteiger partial charge on any atom is 0.283 e. The van der Waals surface area contributed by atoms with E-state index in [4.69, 9.17) is 0 Å². The molecule has 3 rings (SSSR count). The van der Waals surface area contributed by atoms with Crippen LogP contribution in [0.1, 0.15) is 31.2 Å². The molecule has 2 saturated carbocycles. The van der Waals surface area contributed by atoms with Crippen LogP contribution in [0.5, 0.6) is 0 Å². The highest BCUT2D eigenvalue weighted by Gasteiger charge is 2.38. The van der Waals surface area contributed by atoms with Gasteiger partial charge in [0.1, 0.15) is 0 Å². The molecule has 1 aromatic rings. The fourth-order valence-electron chi connectivity index (χ4n) is 3.84. The number of hydrogen-bond acceptors (Lipinski definition) is 3. The van der Waals surface area contributed by atoms with E-state index in [1.165, 1.54) is 25.7 Å². The van der Waals surface area contributed by atoms with Gasteiger partial charge in [0.15, 0.2) is 0 Å². The van der Waals surface area contributed by atoms with Crippen molar-refractivity contribution >= 4 is 21.6 Å². The highest BCUT2D eigenvalue weighted by Crippen LogP contribution is 2.47. The third kappa shape index (κ3) is 2.88. The lowest BCUT2D eigenvalue weighted by atomic mass is 9.89. The van der Waals surface area contributed by atoms with Gasteiger partial charge in [-0.1, -0.05) is 12.5 Å². The fourth-order valence-corrected chi connectivity index (χ4v) is 4.23. The van der Waals surface area contributed by atoms with Crippen molar-refractivity contribution in [3.05, 3.63) is 38.3 Å². The summed E-state index contributed by atoms with van der Waals surface area (Å²) in [5, 5.41) is 14.4. The molecule has 0 saturated heterocycles. The number of nitrogens with zero attached hydrogens (tertiary/aromatic N) is 1. The SMILES string of the molecule is O=[N+]([O-])c1cc(CNCC2CC3CCC2C3)ccc1Br. The zero-order chi connectivity index (χ0) is 14.1. The van der Waals surface area contributed by atoms with Gasteiger partial charge in [-0.2, -0.15) is 0 Å². The molecule has 3 atom stereocenters. The summed E-state index contributed by atoms with van der Waals surface area (Å²) in [6.45, 7) is 1.76. The second-order valence-electron chi connectivity index (χ2n) is 6.11. The van der Waals surface area contributed by atoms with Gasteiger partial charge in [0, 0.05) is 12.6 Å². The molecule has 0 spiro atoms. The Labute approximate surface area is 127 Å². The molecule has 4 nitrogen and oxygen atoms in total. The van der Waals surface area contributed by atoms with Crippen molar-refractivity contribution in [2.24, 2.45) is 17.8 Å². The molecule has 0 radical (unpaired) electrons. The number of rotatable bonds is 5. The van der Waals surface area contributed by atoms with Gasteiger partial charge in [0.25, 0.3) is 5.69 Å². The largest absolute Gasteiger partial charge is 0.312 e. The first-order valence-corrected chi connectivity index (χ1v) is 8.06. The van der Waals surface area contributed by atoms with Crippen LogP contribution in [0.25, 0.3) is 0 Å². The Bertz CT molecular complexity index is 521. The molecule has 1 N–H and O–H groups in total. The van der Waals surface area contributed by atoms with Crippen molar-refractivity contribution in [2.45, 2.75) is 32.2 Å². The van der Waals surface area contributed by atoms with E-state index >= 15 is 0 Å². The Morgan fingerprint density at radius 2 is 2.20 bits per heavy atom. The van der Waals surface area contributed by atoms with Gasteiger partial charge in [-0.25, -0.2) is 0 Å². The van der Waals surface area contributed by atoms with Crippen molar-refractivity contribution in [1.29, 1.82) is 0 Å². The second kappa shape index (κ2) is 5.82. The average Bonchev–Trinajstić information content (AvgIpc) is 3.02. The Kier molecular flexibility index (Phi) is 4.08. The molecular formula is C15H19BrN2O2. The number of benzene rings is 1. The zero-order valence-electron chi connectivity index (χ0n) is 11.3. The van der Waals surface area contributed by atoms with Gasteiger partial charge >= 0.3 is 0 Å². The van der Waals surface area contributed by atoms with Crippen LogP contribution in [-0.2, 0) is 6.54 Å². The highest BCUT2D eigenvalue weighted by atomic mass is 79.9. The van der Waals surface area contributed by atoms with Crippen LogP contribution in [0.3, 0.4) is 0 Å². The second-order valence-corrected chi connectivity index (χ2v) is 6.96. The van der Waals surface area contributed by atoms with Gasteiger partial charge in [-0.15, -0.1) is 0 Å². The number of hydrogen-bond donors (Lipinski definition) is 1. The number of halogens is 1. The summed E-state index contributed by atoms with van der Waals surface area (Å²) in [6, 6.07) is 5.34. The summed E-state index contributed by atoms with van der Waals surface area (Å²) in [6.07, 6.45) is 5.63. The van der Waals surface area contributed by atoms with E-state index in [0.29, 0.717) is 11.0 Å². The summed E-state index contributed by atoms with van der Waals surface area (Å²) < 4.78 is 0.541. The topological polar surface area (TPSA) is 55.2 Å². The van der Waals surface area contributed by atoms with E-state index in [9.17, 15) is 10.1 Å². The Hall–Kier alpha value is -0.940. The third-order valence-corrected chi connectivity index (χ3v) is 5.50. The number of nitro groups is 1. The molecule has 1 aromatic carbocycles. The summed E-state index contributed by atoms with van der Waals surface area (Å²) in [5.74, 6) is 2.71. The van der Waals surface area contributed by atoms with E-state index in [-0.39, 0.29) is 10.6 Å². The molecule has 5 heteroatoms. The van der Waals surface area contributed by atoms with Gasteiger partial charge < -0.3 is 5.32 Å². The summed E-state index contributed by atoms with van der Waals surface area (Å²) in [5.41, 5.74) is 1.12. The van der Waals surface area contributed by atoms with Gasteiger partial charge in [-0.05, 0) is 71.1 Å². The molecule has 108 valence electrons. The van der Waals surface area contributed by atoms with Crippen LogP contribution in [0, 0.1) is 27.9 Å². The van der Waals surface area contributed by atoms with Gasteiger partial charge in [-0.3, -0.25) is 10.1 Å². The molecule has 3 unspecified atom stereocenters. The molecule has 0 aromatic heterocycles. The summed E-state index contributed by atoms with van der Waals surface area (Å²) in [7, 11) is 0. The minimum Gasteiger partial charge on any atom is -0.312 e. The first kappa shape index (κ1) is 14.0. The van der Waals surface area contributed by atoms with E-state index in [1.54, 1.807) is 12.1 Å². The summed E-state index contributed by atoms with van der Waals surface area (Å²) >= 11 is 3.21. The van der Waals surface area contributed by atoms with Crippen molar-refractivity contribution in [2.75, 3.05) is 6.54 Å². The fraction of sp³-hybridized carbons (Fsp3) is 0.600. The minimum absolute atomic E-state index is 0.143. The highest BCUT2D eigenvalue weighted by molar-refractivity contribution is 9.10. The van der Waals surface area contributed by atoms with Crippen LogP contribution in [0.4, 0.5) is 5.69 Å². The standard InChI is InChI=1S/C15H19BrN2O2/c16-14-4-2-11(7-15(14)18(19)20)8-17-9-13-6-10-1-3-12(13)5-10/h2,4,7,10,12-13,17H,1,3,5-6,8-9H2. The number of fused-ring (bicyclic) bond motifs is 2. The Morgan fingerprint density at radius 1 is 1.35 bits per heavy atom. The maximum atomic E-state index is 10.9. The van der Waals surface area contributed by atoms with E-state index in [0.717, 1.165) is 29.9 Å². The molecular weight excluding hydrogens is 320 g/mol. The van der Waals surface area contributed by atoms with Crippen LogP contribution in [-0.4, -0.2) is 11.5 Å².